The molecule has 8 heteroatoms. The number of thiophene rings is 1. The van der Waals surface area contributed by atoms with E-state index in [4.69, 9.17) is 4.74 Å². The minimum atomic E-state index is -0.794. The summed E-state index contributed by atoms with van der Waals surface area (Å²) in [4.78, 5) is 36.6. The van der Waals surface area contributed by atoms with Crippen LogP contribution < -0.4 is 5.32 Å². The van der Waals surface area contributed by atoms with E-state index in [1.54, 1.807) is 13.0 Å². The van der Waals surface area contributed by atoms with E-state index < -0.39 is 11.2 Å². The number of esters is 2. The van der Waals surface area contributed by atoms with Crippen molar-refractivity contribution in [3.8, 4) is 0 Å². The summed E-state index contributed by atoms with van der Waals surface area (Å²) in [5.41, 5.74) is 0. The van der Waals surface area contributed by atoms with E-state index in [0.29, 0.717) is 18.0 Å². The van der Waals surface area contributed by atoms with Gasteiger partial charge in [0.15, 0.2) is 5.25 Å². The Morgan fingerprint density at radius 3 is 2.87 bits per heavy atom. The van der Waals surface area contributed by atoms with E-state index in [2.05, 4.69) is 10.1 Å². The highest BCUT2D eigenvalue weighted by atomic mass is 32.2. The molecule has 1 fully saturated rings. The van der Waals surface area contributed by atoms with Crippen LogP contribution in [0.5, 0.6) is 0 Å². The fraction of sp³-hybridized carbons (Fsp3) is 0.533. The number of hydrogen-bond acceptors (Lipinski definition) is 7. The van der Waals surface area contributed by atoms with Gasteiger partial charge in [0.05, 0.1) is 13.7 Å². The smallest absolute Gasteiger partial charge is 0.348 e. The van der Waals surface area contributed by atoms with E-state index >= 15 is 0 Å². The highest BCUT2D eigenvalue weighted by Gasteiger charge is 2.35. The molecule has 1 saturated heterocycles. The number of amides is 1. The zero-order valence-electron chi connectivity index (χ0n) is 13.0. The standard InChI is InChI=1S/C15H19NO5S2/c1-3-21-14(18)11-7-6-9(22-11)4-5-10-8-16-13(17)12(23-10)15(19)20-2/h6-7,10,12H,3-5,8H2,1-2H3,(H,16,17)/t10-,12?/m0/s1. The largest absolute Gasteiger partial charge is 0.468 e. The van der Waals surface area contributed by atoms with Gasteiger partial charge in [-0.05, 0) is 31.9 Å². The number of carbonyl (C=O) groups excluding carboxylic acids is 3. The molecule has 0 aromatic carbocycles. The van der Waals surface area contributed by atoms with Crippen LogP contribution in [-0.2, 0) is 25.5 Å². The molecule has 1 aliphatic heterocycles. The molecule has 0 bridgehead atoms. The molecule has 6 nitrogen and oxygen atoms in total. The van der Waals surface area contributed by atoms with Crippen molar-refractivity contribution in [2.45, 2.75) is 30.3 Å². The molecule has 2 heterocycles. The Hall–Kier alpha value is -1.54. The van der Waals surface area contributed by atoms with Gasteiger partial charge in [-0.2, -0.15) is 0 Å². The van der Waals surface area contributed by atoms with Gasteiger partial charge in [0.25, 0.3) is 0 Å². The number of rotatable bonds is 6. The van der Waals surface area contributed by atoms with Crippen molar-refractivity contribution in [1.29, 1.82) is 0 Å². The van der Waals surface area contributed by atoms with E-state index in [9.17, 15) is 14.4 Å². The first kappa shape index (κ1) is 17.8. The molecule has 1 amide bonds. The fourth-order valence-electron chi connectivity index (χ4n) is 2.18. The molecule has 2 atom stereocenters. The van der Waals surface area contributed by atoms with Gasteiger partial charge in [-0.1, -0.05) is 0 Å². The first-order valence-electron chi connectivity index (χ1n) is 7.32. The quantitative estimate of drug-likeness (QED) is 0.616. The number of nitrogens with one attached hydrogen (secondary N) is 1. The minimum Gasteiger partial charge on any atom is -0.468 e. The zero-order valence-corrected chi connectivity index (χ0v) is 14.6. The fourth-order valence-corrected chi connectivity index (χ4v) is 4.33. The lowest BCUT2D eigenvalue weighted by atomic mass is 10.2. The van der Waals surface area contributed by atoms with Gasteiger partial charge in [-0.25, -0.2) is 4.79 Å². The van der Waals surface area contributed by atoms with E-state index in [1.807, 2.05) is 6.07 Å². The average Bonchev–Trinajstić information content (AvgIpc) is 3.02. The Bertz CT molecular complexity index is 578. The van der Waals surface area contributed by atoms with Crippen LogP contribution in [0, 0.1) is 0 Å². The summed E-state index contributed by atoms with van der Waals surface area (Å²) in [5, 5.41) is 2.09. The molecule has 0 aliphatic carbocycles. The molecule has 1 aromatic heterocycles. The number of hydrogen-bond donors (Lipinski definition) is 1. The molecule has 0 radical (unpaired) electrons. The molecule has 0 spiro atoms. The summed E-state index contributed by atoms with van der Waals surface area (Å²) < 4.78 is 9.62. The SMILES string of the molecule is CCOC(=O)c1ccc(CC[C@H]2CNC(=O)C(C(=O)OC)S2)s1. The Labute approximate surface area is 142 Å². The van der Waals surface area contributed by atoms with Crippen LogP contribution in [-0.4, -0.2) is 48.6 Å². The topological polar surface area (TPSA) is 81.7 Å². The molecule has 1 unspecified atom stereocenters. The first-order chi connectivity index (χ1) is 11.0. The van der Waals surface area contributed by atoms with Gasteiger partial charge in [0, 0.05) is 16.7 Å². The molecule has 0 saturated carbocycles. The third-order valence-corrected chi connectivity index (χ3v) is 5.93. The van der Waals surface area contributed by atoms with Gasteiger partial charge in [-0.15, -0.1) is 23.1 Å². The van der Waals surface area contributed by atoms with Crippen molar-refractivity contribution in [3.63, 3.8) is 0 Å². The summed E-state index contributed by atoms with van der Waals surface area (Å²) in [6.45, 7) is 2.67. The van der Waals surface area contributed by atoms with Crippen LogP contribution in [0.2, 0.25) is 0 Å². The third-order valence-electron chi connectivity index (χ3n) is 3.34. The predicted octanol–water partition coefficient (Wildman–Crippen LogP) is 1.63. The summed E-state index contributed by atoms with van der Waals surface area (Å²) >= 11 is 2.76. The third kappa shape index (κ3) is 4.71. The second kappa shape index (κ2) is 8.35. The summed E-state index contributed by atoms with van der Waals surface area (Å²) in [5.74, 6) is -1.11. The Kier molecular flexibility index (Phi) is 6.47. The zero-order chi connectivity index (χ0) is 16.8. The first-order valence-corrected chi connectivity index (χ1v) is 9.08. The van der Waals surface area contributed by atoms with Crippen LogP contribution in [0.15, 0.2) is 12.1 Å². The van der Waals surface area contributed by atoms with Crippen LogP contribution in [0.3, 0.4) is 0 Å². The Morgan fingerprint density at radius 2 is 2.17 bits per heavy atom. The monoisotopic (exact) mass is 357 g/mol. The highest BCUT2D eigenvalue weighted by molar-refractivity contribution is 8.02. The average molecular weight is 357 g/mol. The van der Waals surface area contributed by atoms with Crippen molar-refractivity contribution >= 4 is 40.9 Å². The normalized spacial score (nSPS) is 20.7. The van der Waals surface area contributed by atoms with Crippen LogP contribution >= 0.6 is 23.1 Å². The van der Waals surface area contributed by atoms with Crippen LogP contribution in [0.25, 0.3) is 0 Å². The Balaban J connectivity index is 1.87. The van der Waals surface area contributed by atoms with Crippen molar-refractivity contribution in [1.82, 2.24) is 5.32 Å². The van der Waals surface area contributed by atoms with Crippen molar-refractivity contribution < 1.29 is 23.9 Å². The summed E-state index contributed by atoms with van der Waals surface area (Å²) in [6.07, 6.45) is 1.59. The lowest BCUT2D eigenvalue weighted by Crippen LogP contribution is -2.47. The molecular formula is C15H19NO5S2. The van der Waals surface area contributed by atoms with Gasteiger partial charge in [0.2, 0.25) is 5.91 Å². The second-order valence-corrected chi connectivity index (χ2v) is 7.51. The van der Waals surface area contributed by atoms with Crippen molar-refractivity contribution in [2.24, 2.45) is 0 Å². The Morgan fingerprint density at radius 1 is 1.39 bits per heavy atom. The highest BCUT2D eigenvalue weighted by Crippen LogP contribution is 2.28. The van der Waals surface area contributed by atoms with E-state index in [1.165, 1.54) is 30.2 Å². The molecule has 2 rings (SSSR count). The molecule has 1 aliphatic rings. The van der Waals surface area contributed by atoms with Gasteiger partial charge >= 0.3 is 11.9 Å². The number of aryl methyl sites for hydroxylation is 1. The minimum absolute atomic E-state index is 0.143. The maximum absolute atomic E-state index is 11.7. The summed E-state index contributed by atoms with van der Waals surface area (Å²) in [7, 11) is 1.28. The number of ether oxygens (including phenoxy) is 2. The predicted molar refractivity (Wildman–Crippen MR) is 88.8 cm³/mol. The van der Waals surface area contributed by atoms with Crippen molar-refractivity contribution in [2.75, 3.05) is 20.3 Å². The molecule has 1 N–H and O–H groups in total. The summed E-state index contributed by atoms with van der Waals surface area (Å²) in [6, 6.07) is 3.69. The van der Waals surface area contributed by atoms with Crippen LogP contribution in [0.1, 0.15) is 27.9 Å². The second-order valence-electron chi connectivity index (χ2n) is 4.93. The number of carbonyl (C=O) groups is 3. The molecule has 126 valence electrons. The molecule has 1 aromatic rings. The van der Waals surface area contributed by atoms with Gasteiger partial charge in [-0.3, -0.25) is 9.59 Å². The lowest BCUT2D eigenvalue weighted by molar-refractivity contribution is -0.143. The maximum atomic E-state index is 11.7. The van der Waals surface area contributed by atoms with E-state index in [0.717, 1.165) is 17.7 Å². The van der Waals surface area contributed by atoms with Gasteiger partial charge < -0.3 is 14.8 Å². The van der Waals surface area contributed by atoms with E-state index in [-0.39, 0.29) is 17.1 Å². The lowest BCUT2D eigenvalue weighted by Gasteiger charge is -2.27. The molecule has 23 heavy (non-hydrogen) atoms. The molecular weight excluding hydrogens is 338 g/mol. The number of methoxy groups -OCH3 is 1. The van der Waals surface area contributed by atoms with Crippen molar-refractivity contribution in [3.05, 3.63) is 21.9 Å². The van der Waals surface area contributed by atoms with Crippen LogP contribution in [0.4, 0.5) is 0 Å². The van der Waals surface area contributed by atoms with Gasteiger partial charge in [0.1, 0.15) is 4.88 Å². The number of thioether (sulfide) groups is 1. The maximum Gasteiger partial charge on any atom is 0.348 e.